The molecule has 28 heavy (non-hydrogen) atoms. The fourth-order valence-corrected chi connectivity index (χ4v) is 3.86. The number of anilines is 1. The van der Waals surface area contributed by atoms with Gasteiger partial charge in [-0.3, -0.25) is 0 Å². The monoisotopic (exact) mass is 452 g/mol. The summed E-state index contributed by atoms with van der Waals surface area (Å²) in [5.41, 5.74) is 5.14. The quantitative estimate of drug-likeness (QED) is 0.267. The Morgan fingerprint density at radius 1 is 0.964 bits per heavy atom. The summed E-state index contributed by atoms with van der Waals surface area (Å²) in [6.07, 6.45) is 3.74. The van der Waals surface area contributed by atoms with Crippen molar-refractivity contribution < 1.29 is 9.67 Å². The van der Waals surface area contributed by atoms with Crippen LogP contribution in [0.15, 0.2) is 71.5 Å². The van der Waals surface area contributed by atoms with Gasteiger partial charge in [-0.15, -0.1) is 0 Å². The summed E-state index contributed by atoms with van der Waals surface area (Å²) in [6, 6.07) is 17.4. The molecule has 0 spiro atoms. The van der Waals surface area contributed by atoms with Crippen LogP contribution in [0.3, 0.4) is 0 Å². The van der Waals surface area contributed by atoms with Gasteiger partial charge in [0.15, 0.2) is 17.4 Å². The fraction of sp³-hybridized carbons (Fsp3) is 0.130. The molecule has 3 aromatic rings. The topological polar surface area (TPSA) is 39.0 Å². The summed E-state index contributed by atoms with van der Waals surface area (Å²) < 4.78 is 2.52. The Bertz CT molecular complexity index is 1060. The highest BCUT2D eigenvalue weighted by Crippen LogP contribution is 2.24. The van der Waals surface area contributed by atoms with E-state index in [-0.39, 0.29) is 5.76 Å². The lowest BCUT2D eigenvalue weighted by Gasteiger charge is -2.18. The number of thiocarbonyl (C=S) groups is 1. The molecule has 0 radical (unpaired) electrons. The third-order valence-electron chi connectivity index (χ3n) is 4.23. The Morgan fingerprint density at radius 3 is 2.29 bits per heavy atom. The van der Waals surface area contributed by atoms with Gasteiger partial charge in [-0.1, -0.05) is 52.4 Å². The highest BCUT2D eigenvalue weighted by atomic mass is 79.9. The SMILES string of the molecule is Cc1cc(C)cc(NC(=S)/C(=C(\[O-])c2ccccc2Br)[n+]2cccc(C)c2)c1. The molecule has 5 heteroatoms. The molecule has 0 saturated carbocycles. The number of pyridine rings is 1. The van der Waals surface area contributed by atoms with E-state index in [4.69, 9.17) is 12.2 Å². The van der Waals surface area contributed by atoms with Crippen LogP contribution in [-0.4, -0.2) is 4.99 Å². The number of halogens is 1. The molecule has 0 amide bonds. The minimum atomic E-state index is -0.148. The summed E-state index contributed by atoms with van der Waals surface area (Å²) in [5.74, 6) is -0.148. The standard InChI is InChI=1S/C23H21BrN2OS/c1-15-7-6-10-26(14-15)21(22(27)19-8-4-5-9-20(19)24)23(28)25-18-12-16(2)11-17(3)13-18/h4-14H,1-3H3,(H-,25,27,28). The van der Waals surface area contributed by atoms with Crippen molar-refractivity contribution in [1.82, 2.24) is 0 Å². The van der Waals surface area contributed by atoms with Crippen LogP contribution < -0.4 is 15.0 Å². The van der Waals surface area contributed by atoms with Gasteiger partial charge in [0.1, 0.15) is 0 Å². The van der Waals surface area contributed by atoms with Crippen molar-refractivity contribution in [2.24, 2.45) is 0 Å². The molecule has 0 aliphatic heterocycles. The van der Waals surface area contributed by atoms with E-state index in [9.17, 15) is 5.11 Å². The molecule has 0 unspecified atom stereocenters. The van der Waals surface area contributed by atoms with Gasteiger partial charge in [0.2, 0.25) is 5.70 Å². The van der Waals surface area contributed by atoms with Crippen LogP contribution in [0, 0.1) is 20.8 Å². The van der Waals surface area contributed by atoms with Crippen molar-refractivity contribution in [2.75, 3.05) is 5.32 Å². The van der Waals surface area contributed by atoms with Crippen LogP contribution in [0.25, 0.3) is 11.5 Å². The molecule has 0 aliphatic rings. The van der Waals surface area contributed by atoms with Crippen molar-refractivity contribution in [1.29, 1.82) is 0 Å². The molecule has 0 atom stereocenters. The van der Waals surface area contributed by atoms with E-state index in [1.807, 2.05) is 75.6 Å². The van der Waals surface area contributed by atoms with Crippen molar-refractivity contribution in [3.05, 3.63) is 93.7 Å². The predicted octanol–water partition coefficient (Wildman–Crippen LogP) is 4.79. The van der Waals surface area contributed by atoms with Crippen LogP contribution in [0.4, 0.5) is 5.69 Å². The van der Waals surface area contributed by atoms with Crippen LogP contribution in [0.1, 0.15) is 22.3 Å². The third-order valence-corrected chi connectivity index (χ3v) is 5.22. The van der Waals surface area contributed by atoms with Gasteiger partial charge in [-0.05, 0) is 67.5 Å². The molecule has 3 rings (SSSR count). The minimum Gasteiger partial charge on any atom is -0.867 e. The van der Waals surface area contributed by atoms with Crippen LogP contribution in [0.2, 0.25) is 0 Å². The molecule has 0 saturated heterocycles. The minimum absolute atomic E-state index is 0.148. The number of benzene rings is 2. The van der Waals surface area contributed by atoms with Crippen molar-refractivity contribution >= 4 is 50.3 Å². The molecule has 142 valence electrons. The van der Waals surface area contributed by atoms with E-state index in [1.165, 1.54) is 0 Å². The Balaban J connectivity index is 2.12. The Labute approximate surface area is 179 Å². The Hall–Kier alpha value is -2.50. The first kappa shape index (κ1) is 20.2. The van der Waals surface area contributed by atoms with E-state index in [2.05, 4.69) is 27.3 Å². The molecule has 1 aromatic heterocycles. The van der Waals surface area contributed by atoms with E-state index in [0.29, 0.717) is 16.2 Å². The van der Waals surface area contributed by atoms with Gasteiger partial charge in [0.25, 0.3) is 0 Å². The molecule has 0 bridgehead atoms. The summed E-state index contributed by atoms with van der Waals surface area (Å²) in [4.78, 5) is 0.376. The highest BCUT2D eigenvalue weighted by molar-refractivity contribution is 9.10. The summed E-state index contributed by atoms with van der Waals surface area (Å²) >= 11 is 9.16. The zero-order chi connectivity index (χ0) is 20.3. The van der Waals surface area contributed by atoms with Gasteiger partial charge in [0, 0.05) is 21.8 Å². The lowest BCUT2D eigenvalue weighted by atomic mass is 10.1. The van der Waals surface area contributed by atoms with Gasteiger partial charge in [-0.25, -0.2) is 0 Å². The average Bonchev–Trinajstić information content (AvgIpc) is 2.61. The molecular formula is C23H21BrN2OS. The number of hydrogen-bond donors (Lipinski definition) is 1. The molecule has 1 heterocycles. The average molecular weight is 453 g/mol. The van der Waals surface area contributed by atoms with Crippen LogP contribution in [-0.2, 0) is 0 Å². The second-order valence-electron chi connectivity index (χ2n) is 6.78. The number of hydrogen-bond acceptors (Lipinski definition) is 2. The zero-order valence-corrected chi connectivity index (χ0v) is 18.4. The summed E-state index contributed by atoms with van der Waals surface area (Å²) in [7, 11) is 0. The van der Waals surface area contributed by atoms with Gasteiger partial charge < -0.3 is 10.4 Å². The first-order chi connectivity index (χ1) is 13.3. The molecule has 2 aromatic carbocycles. The van der Waals surface area contributed by atoms with Gasteiger partial charge in [-0.2, -0.15) is 4.57 Å². The first-order valence-corrected chi connectivity index (χ1v) is 10.1. The number of rotatable bonds is 4. The van der Waals surface area contributed by atoms with Gasteiger partial charge in [0.05, 0.1) is 0 Å². The largest absolute Gasteiger partial charge is 0.867 e. The number of aromatic nitrogens is 1. The normalized spacial score (nSPS) is 11.7. The Morgan fingerprint density at radius 2 is 1.64 bits per heavy atom. The van der Waals surface area contributed by atoms with Crippen molar-refractivity contribution in [3.63, 3.8) is 0 Å². The predicted molar refractivity (Wildman–Crippen MR) is 121 cm³/mol. The maximum atomic E-state index is 13.4. The maximum absolute atomic E-state index is 13.4. The van der Waals surface area contributed by atoms with Crippen LogP contribution >= 0.6 is 28.1 Å². The zero-order valence-electron chi connectivity index (χ0n) is 16.0. The van der Waals surface area contributed by atoms with Gasteiger partial charge >= 0.3 is 0 Å². The number of aryl methyl sites for hydroxylation is 3. The lowest BCUT2D eigenvalue weighted by molar-refractivity contribution is -0.578. The third kappa shape index (κ3) is 4.66. The first-order valence-electron chi connectivity index (χ1n) is 8.89. The second kappa shape index (κ2) is 8.67. The maximum Gasteiger partial charge on any atom is 0.238 e. The molecular weight excluding hydrogens is 432 g/mol. The molecule has 1 N–H and O–H groups in total. The van der Waals surface area contributed by atoms with E-state index in [1.54, 1.807) is 10.6 Å². The van der Waals surface area contributed by atoms with Crippen LogP contribution in [0.5, 0.6) is 0 Å². The fourth-order valence-electron chi connectivity index (χ4n) is 3.08. The smallest absolute Gasteiger partial charge is 0.238 e. The second-order valence-corrected chi connectivity index (χ2v) is 8.04. The molecule has 0 fully saturated rings. The summed E-state index contributed by atoms with van der Waals surface area (Å²) in [6.45, 7) is 6.05. The van der Waals surface area contributed by atoms with E-state index in [0.717, 1.165) is 26.9 Å². The number of nitrogens with one attached hydrogen (secondary N) is 1. The van der Waals surface area contributed by atoms with E-state index >= 15 is 0 Å². The highest BCUT2D eigenvalue weighted by Gasteiger charge is 2.20. The number of nitrogens with zero attached hydrogens (tertiary/aromatic N) is 1. The molecule has 3 nitrogen and oxygen atoms in total. The Kier molecular flexibility index (Phi) is 6.27. The van der Waals surface area contributed by atoms with Crippen molar-refractivity contribution in [2.45, 2.75) is 20.8 Å². The van der Waals surface area contributed by atoms with Crippen molar-refractivity contribution in [3.8, 4) is 0 Å². The molecule has 0 aliphatic carbocycles. The van der Waals surface area contributed by atoms with E-state index < -0.39 is 0 Å². The summed E-state index contributed by atoms with van der Waals surface area (Å²) in [5, 5.41) is 16.7. The lowest BCUT2D eigenvalue weighted by Crippen LogP contribution is -2.40.